The van der Waals surface area contributed by atoms with E-state index in [1.807, 2.05) is 0 Å². The van der Waals surface area contributed by atoms with Crippen LogP contribution in [0.3, 0.4) is 0 Å². The van der Waals surface area contributed by atoms with Gasteiger partial charge in [0.15, 0.2) is 0 Å². The van der Waals surface area contributed by atoms with E-state index in [0.29, 0.717) is 5.56 Å². The Balaban J connectivity index is 2.23. The Kier molecular flexibility index (Phi) is 4.32. The molecule has 0 spiro atoms. The first kappa shape index (κ1) is 17.5. The zero-order valence-corrected chi connectivity index (χ0v) is 14.6. The summed E-state index contributed by atoms with van der Waals surface area (Å²) in [4.78, 5) is 25.1. The van der Waals surface area contributed by atoms with E-state index in [4.69, 9.17) is 0 Å². The Bertz CT molecular complexity index is 1070. The second kappa shape index (κ2) is 6.18. The number of aromatic nitrogens is 2. The molecule has 0 bridgehead atoms. The van der Waals surface area contributed by atoms with Crippen molar-refractivity contribution in [2.45, 2.75) is 12.7 Å². The highest BCUT2D eigenvalue weighted by Gasteiger charge is 2.31. The summed E-state index contributed by atoms with van der Waals surface area (Å²) < 4.78 is 41.7. The molecular weight excluding hydrogens is 401 g/mol. The molecule has 1 aromatic heterocycles. The van der Waals surface area contributed by atoms with Crippen molar-refractivity contribution in [3.63, 3.8) is 0 Å². The maximum absolute atomic E-state index is 12.9. The smallest absolute Gasteiger partial charge is 0.296 e. The van der Waals surface area contributed by atoms with Gasteiger partial charge in [-0.05, 0) is 35.9 Å². The lowest BCUT2D eigenvalue weighted by atomic mass is 10.1. The van der Waals surface area contributed by atoms with Crippen molar-refractivity contribution < 1.29 is 13.2 Å². The molecule has 3 aromatic rings. The van der Waals surface area contributed by atoms with E-state index in [9.17, 15) is 22.8 Å². The topological polar surface area (TPSA) is 44.0 Å². The average Bonchev–Trinajstić information content (AvgIpc) is 2.57. The van der Waals surface area contributed by atoms with Crippen LogP contribution in [-0.4, -0.2) is 9.13 Å². The first-order chi connectivity index (χ1) is 11.7. The van der Waals surface area contributed by atoms with Crippen LogP contribution in [0.2, 0.25) is 0 Å². The molecule has 1 heterocycles. The molecular formula is C17H12BrF3N2O2. The van der Waals surface area contributed by atoms with Gasteiger partial charge in [0.2, 0.25) is 0 Å². The van der Waals surface area contributed by atoms with E-state index in [-0.39, 0.29) is 17.4 Å². The maximum atomic E-state index is 12.9. The lowest BCUT2D eigenvalue weighted by Crippen LogP contribution is -2.39. The summed E-state index contributed by atoms with van der Waals surface area (Å²) >= 11 is 3.29. The van der Waals surface area contributed by atoms with Gasteiger partial charge in [-0.3, -0.25) is 13.9 Å². The summed E-state index contributed by atoms with van der Waals surface area (Å²) in [5.74, 6) is 0. The Morgan fingerprint density at radius 2 is 1.68 bits per heavy atom. The Labute approximate surface area is 148 Å². The molecule has 2 aromatic carbocycles. The molecule has 0 radical (unpaired) electrons. The molecule has 0 N–H and O–H groups in total. The lowest BCUT2D eigenvalue weighted by Gasteiger charge is -2.13. The molecule has 0 amide bonds. The Morgan fingerprint density at radius 1 is 1.04 bits per heavy atom. The number of aryl methyl sites for hydroxylation is 1. The number of alkyl halides is 3. The van der Waals surface area contributed by atoms with Crippen molar-refractivity contribution in [1.29, 1.82) is 0 Å². The minimum Gasteiger partial charge on any atom is -0.296 e. The number of fused-ring (bicyclic) bond motifs is 1. The summed E-state index contributed by atoms with van der Waals surface area (Å²) in [7, 11) is 1.43. The Hall–Kier alpha value is -2.35. The van der Waals surface area contributed by atoms with Crippen LogP contribution in [0.15, 0.2) is 56.5 Å². The van der Waals surface area contributed by atoms with Gasteiger partial charge in [0.25, 0.3) is 5.56 Å². The third-order valence-corrected chi connectivity index (χ3v) is 4.46. The zero-order chi connectivity index (χ0) is 18.4. The molecule has 0 aliphatic heterocycles. The zero-order valence-electron chi connectivity index (χ0n) is 13.0. The van der Waals surface area contributed by atoms with Crippen LogP contribution in [0.1, 0.15) is 11.1 Å². The monoisotopic (exact) mass is 412 g/mol. The molecule has 0 saturated carbocycles. The summed E-state index contributed by atoms with van der Waals surface area (Å²) in [6.45, 7) is -0.0228. The molecule has 8 heteroatoms. The quantitative estimate of drug-likeness (QED) is 0.646. The van der Waals surface area contributed by atoms with Crippen molar-refractivity contribution in [3.8, 4) is 0 Å². The van der Waals surface area contributed by atoms with E-state index in [0.717, 1.165) is 27.2 Å². The van der Waals surface area contributed by atoms with Crippen LogP contribution < -0.4 is 11.2 Å². The van der Waals surface area contributed by atoms with E-state index in [1.54, 1.807) is 24.3 Å². The molecule has 25 heavy (non-hydrogen) atoms. The molecule has 0 atom stereocenters. The maximum Gasteiger partial charge on any atom is 0.416 e. The molecule has 130 valence electrons. The van der Waals surface area contributed by atoms with E-state index in [2.05, 4.69) is 15.9 Å². The normalized spacial score (nSPS) is 11.9. The molecule has 0 aliphatic rings. The third kappa shape index (κ3) is 3.26. The first-order valence-electron chi connectivity index (χ1n) is 7.24. The molecule has 3 rings (SSSR count). The fourth-order valence-corrected chi connectivity index (χ4v) is 2.87. The van der Waals surface area contributed by atoms with Crippen LogP contribution in [0, 0.1) is 0 Å². The van der Waals surface area contributed by atoms with E-state index < -0.39 is 23.0 Å². The molecule has 4 nitrogen and oxygen atoms in total. The van der Waals surface area contributed by atoms with Gasteiger partial charge in [0, 0.05) is 11.5 Å². The van der Waals surface area contributed by atoms with Crippen LogP contribution in [0.25, 0.3) is 10.9 Å². The summed E-state index contributed by atoms with van der Waals surface area (Å²) in [6, 6.07) is 9.76. The Morgan fingerprint density at radius 3 is 2.28 bits per heavy atom. The summed E-state index contributed by atoms with van der Waals surface area (Å²) in [5, 5.41) is -0.144. The van der Waals surface area contributed by atoms with Crippen molar-refractivity contribution in [2.24, 2.45) is 7.05 Å². The largest absolute Gasteiger partial charge is 0.416 e. The number of benzene rings is 2. The standard InChI is InChI=1S/C17H12BrF3N2O2/c1-22-14-7-4-11(17(19,20)21)8-13(14)15(24)23(16(22)25)9-10-2-5-12(18)6-3-10/h2-8H,9H2,1H3. The number of hydrogen-bond donors (Lipinski definition) is 0. The van der Waals surface area contributed by atoms with E-state index in [1.165, 1.54) is 11.6 Å². The van der Waals surface area contributed by atoms with Crippen molar-refractivity contribution in [3.05, 3.63) is 78.9 Å². The molecule has 0 aliphatic carbocycles. The minimum absolute atomic E-state index is 0.0228. The summed E-state index contributed by atoms with van der Waals surface area (Å²) in [5.41, 5.74) is -1.40. The van der Waals surface area contributed by atoms with Crippen LogP contribution in [0.5, 0.6) is 0 Å². The van der Waals surface area contributed by atoms with Crippen molar-refractivity contribution in [2.75, 3.05) is 0 Å². The van der Waals surface area contributed by atoms with Gasteiger partial charge in [-0.25, -0.2) is 4.79 Å². The highest BCUT2D eigenvalue weighted by Crippen LogP contribution is 2.30. The highest BCUT2D eigenvalue weighted by molar-refractivity contribution is 9.10. The van der Waals surface area contributed by atoms with Gasteiger partial charge in [-0.15, -0.1) is 0 Å². The number of rotatable bonds is 2. The third-order valence-electron chi connectivity index (χ3n) is 3.93. The SMILES string of the molecule is Cn1c(=O)n(Cc2ccc(Br)cc2)c(=O)c2cc(C(F)(F)F)ccc21. The fraction of sp³-hybridized carbons (Fsp3) is 0.176. The number of nitrogens with zero attached hydrogens (tertiary/aromatic N) is 2. The number of hydrogen-bond acceptors (Lipinski definition) is 2. The van der Waals surface area contributed by atoms with Gasteiger partial charge < -0.3 is 0 Å². The van der Waals surface area contributed by atoms with Crippen LogP contribution >= 0.6 is 15.9 Å². The fourth-order valence-electron chi connectivity index (χ4n) is 2.60. The lowest BCUT2D eigenvalue weighted by molar-refractivity contribution is -0.137. The molecule has 0 saturated heterocycles. The number of halogens is 4. The van der Waals surface area contributed by atoms with Gasteiger partial charge in [-0.2, -0.15) is 13.2 Å². The first-order valence-corrected chi connectivity index (χ1v) is 8.03. The minimum atomic E-state index is -4.56. The van der Waals surface area contributed by atoms with E-state index >= 15 is 0 Å². The predicted molar refractivity (Wildman–Crippen MR) is 91.7 cm³/mol. The second-order valence-corrected chi connectivity index (χ2v) is 6.50. The van der Waals surface area contributed by atoms with Crippen molar-refractivity contribution >= 4 is 26.8 Å². The predicted octanol–water partition coefficient (Wildman–Crippen LogP) is 3.53. The average molecular weight is 413 g/mol. The molecule has 0 unspecified atom stereocenters. The van der Waals surface area contributed by atoms with Gasteiger partial charge in [0.05, 0.1) is 23.0 Å². The van der Waals surface area contributed by atoms with Crippen LogP contribution in [-0.2, 0) is 19.8 Å². The summed E-state index contributed by atoms with van der Waals surface area (Å²) in [6.07, 6.45) is -4.56. The highest BCUT2D eigenvalue weighted by atomic mass is 79.9. The second-order valence-electron chi connectivity index (χ2n) is 5.59. The van der Waals surface area contributed by atoms with Gasteiger partial charge in [-0.1, -0.05) is 28.1 Å². The van der Waals surface area contributed by atoms with Crippen molar-refractivity contribution in [1.82, 2.24) is 9.13 Å². The van der Waals surface area contributed by atoms with Gasteiger partial charge in [0.1, 0.15) is 0 Å². The van der Waals surface area contributed by atoms with Crippen LogP contribution in [0.4, 0.5) is 13.2 Å². The molecule has 0 fully saturated rings. The van der Waals surface area contributed by atoms with Gasteiger partial charge >= 0.3 is 11.9 Å².